The molecule has 1 aliphatic carbocycles. The largest absolute Gasteiger partial charge is 0.497 e. The second-order valence-electron chi connectivity index (χ2n) is 6.02. The van der Waals surface area contributed by atoms with E-state index in [1.54, 1.807) is 13.3 Å². The molecule has 1 saturated carbocycles. The second-order valence-corrected chi connectivity index (χ2v) is 6.02. The second kappa shape index (κ2) is 7.27. The first-order valence-electron chi connectivity index (χ1n) is 8.07. The molecule has 3 rings (SSSR count). The first kappa shape index (κ1) is 15.5. The first-order chi connectivity index (χ1) is 11.3. The zero-order chi connectivity index (χ0) is 16.1. The fourth-order valence-corrected chi connectivity index (χ4v) is 2.87. The van der Waals surface area contributed by atoms with Gasteiger partial charge in [0, 0.05) is 12.6 Å². The van der Waals surface area contributed by atoms with Crippen molar-refractivity contribution in [1.82, 2.24) is 10.3 Å². The zero-order valence-corrected chi connectivity index (χ0v) is 13.4. The number of carbonyl (C=O) groups excluding carboxylic acids is 1. The van der Waals surface area contributed by atoms with Crippen LogP contribution < -0.4 is 10.1 Å². The molecule has 1 amide bonds. The third-order valence-electron chi connectivity index (χ3n) is 4.33. The van der Waals surface area contributed by atoms with Gasteiger partial charge in [0.15, 0.2) is 0 Å². The topological polar surface area (TPSA) is 51.2 Å². The van der Waals surface area contributed by atoms with Gasteiger partial charge in [0.2, 0.25) is 5.91 Å². The lowest BCUT2D eigenvalue weighted by atomic mass is 9.90. The van der Waals surface area contributed by atoms with Gasteiger partial charge in [-0.3, -0.25) is 9.78 Å². The maximum atomic E-state index is 12.3. The van der Waals surface area contributed by atoms with E-state index in [0.29, 0.717) is 24.8 Å². The lowest BCUT2D eigenvalue weighted by Crippen LogP contribution is -2.25. The van der Waals surface area contributed by atoms with Crippen molar-refractivity contribution in [2.24, 2.45) is 5.92 Å². The molecule has 4 nitrogen and oxygen atoms in total. The Balaban J connectivity index is 1.59. The predicted octanol–water partition coefficient (Wildman–Crippen LogP) is 3.29. The molecule has 1 aliphatic rings. The van der Waals surface area contributed by atoms with Crippen LogP contribution in [0.25, 0.3) is 0 Å². The Hall–Kier alpha value is -2.36. The Kier molecular flexibility index (Phi) is 4.91. The van der Waals surface area contributed by atoms with Crippen LogP contribution in [-0.2, 0) is 11.3 Å². The highest BCUT2D eigenvalue weighted by atomic mass is 16.5. The number of carbonyl (C=O) groups is 1. The molecule has 1 unspecified atom stereocenters. The number of hydrogen-bond donors (Lipinski definition) is 1. The molecule has 0 radical (unpaired) electrons. The van der Waals surface area contributed by atoms with Crippen molar-refractivity contribution in [3.8, 4) is 5.75 Å². The molecular formula is C19H22N2O2. The Morgan fingerprint density at radius 3 is 2.65 bits per heavy atom. The molecule has 1 aromatic carbocycles. The molecule has 0 saturated heterocycles. The van der Waals surface area contributed by atoms with Crippen molar-refractivity contribution < 1.29 is 9.53 Å². The van der Waals surface area contributed by atoms with Crippen LogP contribution in [0.3, 0.4) is 0 Å². The van der Waals surface area contributed by atoms with E-state index in [1.807, 2.05) is 30.3 Å². The van der Waals surface area contributed by atoms with Crippen LogP contribution in [0.5, 0.6) is 5.75 Å². The highest BCUT2D eigenvalue weighted by molar-refractivity contribution is 5.77. The smallest absolute Gasteiger partial charge is 0.220 e. The highest BCUT2D eigenvalue weighted by Gasteiger charge is 2.33. The fraction of sp³-hybridized carbons (Fsp3) is 0.368. The average molecular weight is 310 g/mol. The van der Waals surface area contributed by atoms with Crippen molar-refractivity contribution in [3.05, 3.63) is 59.9 Å². The molecule has 1 N–H and O–H groups in total. The van der Waals surface area contributed by atoms with Gasteiger partial charge in [0.1, 0.15) is 5.75 Å². The van der Waals surface area contributed by atoms with Gasteiger partial charge in [0.25, 0.3) is 0 Å². The van der Waals surface area contributed by atoms with E-state index in [9.17, 15) is 4.79 Å². The van der Waals surface area contributed by atoms with Crippen LogP contribution in [0.15, 0.2) is 48.7 Å². The summed E-state index contributed by atoms with van der Waals surface area (Å²) in [6.07, 6.45) is 4.70. The van der Waals surface area contributed by atoms with E-state index >= 15 is 0 Å². The van der Waals surface area contributed by atoms with E-state index in [4.69, 9.17) is 4.74 Å². The number of hydrogen-bond acceptors (Lipinski definition) is 3. The van der Waals surface area contributed by atoms with Crippen LogP contribution in [0, 0.1) is 5.92 Å². The minimum Gasteiger partial charge on any atom is -0.497 e. The third kappa shape index (κ3) is 4.31. The zero-order valence-electron chi connectivity index (χ0n) is 13.4. The van der Waals surface area contributed by atoms with Gasteiger partial charge in [-0.05, 0) is 54.5 Å². The van der Waals surface area contributed by atoms with Crippen molar-refractivity contribution in [2.75, 3.05) is 7.11 Å². The van der Waals surface area contributed by atoms with Crippen LogP contribution in [0.2, 0.25) is 0 Å². The molecule has 0 bridgehead atoms. The van der Waals surface area contributed by atoms with Crippen molar-refractivity contribution in [2.45, 2.75) is 31.7 Å². The Morgan fingerprint density at radius 1 is 1.26 bits per heavy atom. The van der Waals surface area contributed by atoms with Gasteiger partial charge in [-0.25, -0.2) is 0 Å². The first-order valence-corrected chi connectivity index (χ1v) is 8.07. The van der Waals surface area contributed by atoms with E-state index < -0.39 is 0 Å². The van der Waals surface area contributed by atoms with Gasteiger partial charge in [-0.15, -0.1) is 0 Å². The lowest BCUT2D eigenvalue weighted by molar-refractivity contribution is -0.121. The van der Waals surface area contributed by atoms with Crippen molar-refractivity contribution in [3.63, 3.8) is 0 Å². The van der Waals surface area contributed by atoms with E-state index in [2.05, 4.69) is 22.4 Å². The molecule has 0 aliphatic heterocycles. The summed E-state index contributed by atoms with van der Waals surface area (Å²) in [7, 11) is 1.67. The minimum absolute atomic E-state index is 0.0865. The highest BCUT2D eigenvalue weighted by Crippen LogP contribution is 2.44. The monoisotopic (exact) mass is 310 g/mol. The molecule has 1 atom stereocenters. The summed E-state index contributed by atoms with van der Waals surface area (Å²) in [5.74, 6) is 1.86. The quantitative estimate of drug-likeness (QED) is 0.854. The number of benzene rings is 1. The van der Waals surface area contributed by atoms with Crippen LogP contribution in [0.4, 0.5) is 0 Å². The number of ether oxygens (including phenoxy) is 1. The molecule has 2 aromatic rings. The molecule has 23 heavy (non-hydrogen) atoms. The molecule has 1 aromatic heterocycles. The molecule has 120 valence electrons. The third-order valence-corrected chi connectivity index (χ3v) is 4.33. The van der Waals surface area contributed by atoms with Gasteiger partial charge < -0.3 is 10.1 Å². The van der Waals surface area contributed by atoms with E-state index in [-0.39, 0.29) is 5.91 Å². The SMILES string of the molecule is COc1ccc(C(CC(=O)NCc2ccccn2)C2CC2)cc1. The molecule has 1 heterocycles. The van der Waals surface area contributed by atoms with Crippen LogP contribution >= 0.6 is 0 Å². The predicted molar refractivity (Wildman–Crippen MR) is 89.2 cm³/mol. The number of nitrogens with zero attached hydrogens (tertiary/aromatic N) is 1. The number of pyridine rings is 1. The van der Waals surface area contributed by atoms with Gasteiger partial charge in [-0.1, -0.05) is 18.2 Å². The van der Waals surface area contributed by atoms with Gasteiger partial charge in [-0.2, -0.15) is 0 Å². The van der Waals surface area contributed by atoms with Crippen LogP contribution in [-0.4, -0.2) is 18.0 Å². The molecule has 4 heteroatoms. The summed E-state index contributed by atoms with van der Waals surface area (Å²) >= 11 is 0. The fourth-order valence-electron chi connectivity index (χ4n) is 2.87. The summed E-state index contributed by atoms with van der Waals surface area (Å²) in [5.41, 5.74) is 2.11. The lowest BCUT2D eigenvalue weighted by Gasteiger charge is -2.17. The van der Waals surface area contributed by atoms with E-state index in [0.717, 1.165) is 11.4 Å². The van der Waals surface area contributed by atoms with Gasteiger partial charge >= 0.3 is 0 Å². The number of aromatic nitrogens is 1. The minimum atomic E-state index is 0.0865. The molecular weight excluding hydrogens is 288 g/mol. The van der Waals surface area contributed by atoms with Crippen molar-refractivity contribution in [1.29, 1.82) is 0 Å². The summed E-state index contributed by atoms with van der Waals surface area (Å²) in [4.78, 5) is 16.5. The van der Waals surface area contributed by atoms with Crippen LogP contribution in [0.1, 0.15) is 36.4 Å². The molecule has 1 fully saturated rings. The van der Waals surface area contributed by atoms with Crippen molar-refractivity contribution >= 4 is 5.91 Å². The molecule has 0 spiro atoms. The van der Waals surface area contributed by atoms with Gasteiger partial charge in [0.05, 0.1) is 19.3 Å². The van der Waals surface area contributed by atoms with E-state index in [1.165, 1.54) is 18.4 Å². The summed E-state index contributed by atoms with van der Waals surface area (Å²) in [6, 6.07) is 13.8. The number of nitrogens with one attached hydrogen (secondary N) is 1. The summed E-state index contributed by atoms with van der Waals surface area (Å²) in [6.45, 7) is 0.486. The standard InChI is InChI=1S/C19H22N2O2/c1-23-17-9-7-15(8-10-17)18(14-5-6-14)12-19(22)21-13-16-4-2-3-11-20-16/h2-4,7-11,14,18H,5-6,12-13H2,1H3,(H,21,22). The number of rotatable bonds is 7. The maximum absolute atomic E-state index is 12.3. The summed E-state index contributed by atoms with van der Waals surface area (Å²) < 4.78 is 5.21. The Morgan fingerprint density at radius 2 is 2.04 bits per heavy atom. The number of amides is 1. The summed E-state index contributed by atoms with van der Waals surface area (Å²) in [5, 5.41) is 2.98. The maximum Gasteiger partial charge on any atom is 0.220 e. The average Bonchev–Trinajstić information content (AvgIpc) is 3.44. The Bertz CT molecular complexity index is 636. The Labute approximate surface area is 136 Å². The number of methoxy groups -OCH3 is 1. The normalized spacial score (nSPS) is 15.0.